The van der Waals surface area contributed by atoms with Crippen LogP contribution in [0.3, 0.4) is 0 Å². The Morgan fingerprint density at radius 3 is 2.53 bits per heavy atom. The summed E-state index contributed by atoms with van der Waals surface area (Å²) in [5, 5.41) is 9.05. The average molecular weight is 245 g/mol. The SMILES string of the molecule is CC(C)[C@@H](C(=O)O)N(C)C(=O)OC1CCOC1. The van der Waals surface area contributed by atoms with Crippen LogP contribution in [0.15, 0.2) is 0 Å². The Labute approximate surface area is 100 Å². The van der Waals surface area contributed by atoms with E-state index in [1.165, 1.54) is 7.05 Å². The van der Waals surface area contributed by atoms with Gasteiger partial charge in [0.25, 0.3) is 0 Å². The van der Waals surface area contributed by atoms with E-state index >= 15 is 0 Å². The lowest BCUT2D eigenvalue weighted by Crippen LogP contribution is -2.46. The molecular weight excluding hydrogens is 226 g/mol. The molecule has 0 saturated carbocycles. The van der Waals surface area contributed by atoms with E-state index in [1.54, 1.807) is 13.8 Å². The van der Waals surface area contributed by atoms with Gasteiger partial charge in [-0.2, -0.15) is 0 Å². The van der Waals surface area contributed by atoms with Gasteiger partial charge in [-0.25, -0.2) is 9.59 Å². The summed E-state index contributed by atoms with van der Waals surface area (Å²) in [5.41, 5.74) is 0. The molecule has 0 radical (unpaired) electrons. The Morgan fingerprint density at radius 2 is 2.12 bits per heavy atom. The second-order valence-corrected chi connectivity index (χ2v) is 4.51. The number of aliphatic carboxylic acids is 1. The molecule has 1 aliphatic rings. The first-order valence-corrected chi connectivity index (χ1v) is 5.67. The molecule has 1 heterocycles. The molecule has 1 amide bonds. The largest absolute Gasteiger partial charge is 0.480 e. The van der Waals surface area contributed by atoms with Crippen molar-refractivity contribution in [2.24, 2.45) is 5.92 Å². The highest BCUT2D eigenvalue weighted by atomic mass is 16.6. The number of carboxylic acid groups (broad SMARTS) is 1. The molecule has 2 atom stereocenters. The van der Waals surface area contributed by atoms with Gasteiger partial charge in [0, 0.05) is 13.5 Å². The van der Waals surface area contributed by atoms with E-state index in [4.69, 9.17) is 14.6 Å². The van der Waals surface area contributed by atoms with Crippen molar-refractivity contribution < 1.29 is 24.2 Å². The molecule has 1 rings (SSSR count). The third kappa shape index (κ3) is 3.59. The van der Waals surface area contributed by atoms with E-state index in [1.807, 2.05) is 0 Å². The fraction of sp³-hybridized carbons (Fsp3) is 0.818. The Kier molecular flexibility index (Phi) is 4.74. The van der Waals surface area contributed by atoms with Gasteiger partial charge in [-0.15, -0.1) is 0 Å². The van der Waals surface area contributed by atoms with Gasteiger partial charge in [-0.3, -0.25) is 4.90 Å². The second kappa shape index (κ2) is 5.86. The van der Waals surface area contributed by atoms with E-state index in [0.717, 1.165) is 4.90 Å². The van der Waals surface area contributed by atoms with E-state index < -0.39 is 18.1 Å². The molecule has 1 saturated heterocycles. The molecule has 6 nitrogen and oxygen atoms in total. The molecule has 0 aromatic rings. The van der Waals surface area contributed by atoms with Gasteiger partial charge in [-0.05, 0) is 5.92 Å². The quantitative estimate of drug-likeness (QED) is 0.798. The monoisotopic (exact) mass is 245 g/mol. The van der Waals surface area contributed by atoms with Gasteiger partial charge in [0.05, 0.1) is 13.2 Å². The van der Waals surface area contributed by atoms with Crippen LogP contribution in [0.25, 0.3) is 0 Å². The molecule has 98 valence electrons. The van der Waals surface area contributed by atoms with Crippen molar-refractivity contribution >= 4 is 12.1 Å². The zero-order valence-corrected chi connectivity index (χ0v) is 10.4. The molecule has 0 aromatic carbocycles. The first-order chi connectivity index (χ1) is 7.93. The third-order valence-corrected chi connectivity index (χ3v) is 2.75. The minimum Gasteiger partial charge on any atom is -0.480 e. The molecule has 17 heavy (non-hydrogen) atoms. The fourth-order valence-corrected chi connectivity index (χ4v) is 1.84. The molecule has 1 N–H and O–H groups in total. The number of rotatable bonds is 4. The lowest BCUT2D eigenvalue weighted by atomic mass is 10.0. The van der Waals surface area contributed by atoms with Crippen LogP contribution < -0.4 is 0 Å². The summed E-state index contributed by atoms with van der Waals surface area (Å²) in [7, 11) is 1.44. The number of amides is 1. The number of ether oxygens (including phenoxy) is 2. The van der Waals surface area contributed by atoms with Crippen LogP contribution in [-0.2, 0) is 14.3 Å². The van der Waals surface area contributed by atoms with Gasteiger partial charge in [0.1, 0.15) is 12.1 Å². The zero-order valence-electron chi connectivity index (χ0n) is 10.4. The van der Waals surface area contributed by atoms with E-state index in [-0.39, 0.29) is 12.0 Å². The molecule has 1 aliphatic heterocycles. The molecule has 0 aliphatic carbocycles. The summed E-state index contributed by atoms with van der Waals surface area (Å²) >= 11 is 0. The molecule has 0 bridgehead atoms. The first kappa shape index (κ1) is 13.8. The number of nitrogens with zero attached hydrogens (tertiary/aromatic N) is 1. The zero-order chi connectivity index (χ0) is 13.0. The van der Waals surface area contributed by atoms with Crippen molar-refractivity contribution in [1.82, 2.24) is 4.90 Å². The molecule has 1 fully saturated rings. The Morgan fingerprint density at radius 1 is 1.47 bits per heavy atom. The van der Waals surface area contributed by atoms with Crippen molar-refractivity contribution in [3.63, 3.8) is 0 Å². The van der Waals surface area contributed by atoms with Gasteiger partial charge in [0.15, 0.2) is 0 Å². The highest BCUT2D eigenvalue weighted by Crippen LogP contribution is 2.14. The van der Waals surface area contributed by atoms with Crippen LogP contribution in [-0.4, -0.2) is 54.5 Å². The standard InChI is InChI=1S/C11H19NO5/c1-7(2)9(10(13)14)12(3)11(15)17-8-4-5-16-6-8/h7-9H,4-6H2,1-3H3,(H,13,14)/t8?,9-/m0/s1. The Hall–Kier alpha value is -1.30. The summed E-state index contributed by atoms with van der Waals surface area (Å²) in [5.74, 6) is -1.20. The van der Waals surface area contributed by atoms with Crippen LogP contribution in [0.4, 0.5) is 4.79 Å². The lowest BCUT2D eigenvalue weighted by molar-refractivity contribution is -0.144. The van der Waals surface area contributed by atoms with Crippen LogP contribution in [0, 0.1) is 5.92 Å². The molecule has 1 unspecified atom stereocenters. The highest BCUT2D eigenvalue weighted by Gasteiger charge is 2.32. The summed E-state index contributed by atoms with van der Waals surface area (Å²) < 4.78 is 10.2. The molecular formula is C11H19NO5. The third-order valence-electron chi connectivity index (χ3n) is 2.75. The average Bonchev–Trinajstić information content (AvgIpc) is 2.68. The number of carboxylic acids is 1. The number of likely N-dealkylation sites (N-methyl/N-ethyl adjacent to an activating group) is 1. The van der Waals surface area contributed by atoms with Crippen molar-refractivity contribution in [3.8, 4) is 0 Å². The molecule has 6 heteroatoms. The highest BCUT2D eigenvalue weighted by molar-refractivity contribution is 5.80. The van der Waals surface area contributed by atoms with Gasteiger partial charge in [0.2, 0.25) is 0 Å². The summed E-state index contributed by atoms with van der Waals surface area (Å²) in [6, 6.07) is -0.871. The molecule has 0 spiro atoms. The minimum absolute atomic E-state index is 0.176. The van der Waals surface area contributed by atoms with Gasteiger partial charge in [-0.1, -0.05) is 13.8 Å². The van der Waals surface area contributed by atoms with Crippen LogP contribution >= 0.6 is 0 Å². The second-order valence-electron chi connectivity index (χ2n) is 4.51. The number of hydrogen-bond donors (Lipinski definition) is 1. The van der Waals surface area contributed by atoms with Crippen molar-refractivity contribution in [1.29, 1.82) is 0 Å². The number of carbonyl (C=O) groups excluding carboxylic acids is 1. The van der Waals surface area contributed by atoms with Crippen molar-refractivity contribution in [2.45, 2.75) is 32.4 Å². The lowest BCUT2D eigenvalue weighted by Gasteiger charge is -2.27. The number of carbonyl (C=O) groups is 2. The van der Waals surface area contributed by atoms with E-state index in [9.17, 15) is 9.59 Å². The van der Waals surface area contributed by atoms with Gasteiger partial charge < -0.3 is 14.6 Å². The van der Waals surface area contributed by atoms with Crippen molar-refractivity contribution in [3.05, 3.63) is 0 Å². The normalized spacial score (nSPS) is 21.3. The van der Waals surface area contributed by atoms with Crippen LogP contribution in [0.1, 0.15) is 20.3 Å². The maximum absolute atomic E-state index is 11.7. The fourth-order valence-electron chi connectivity index (χ4n) is 1.84. The predicted molar refractivity (Wildman–Crippen MR) is 59.7 cm³/mol. The van der Waals surface area contributed by atoms with Crippen LogP contribution in [0.5, 0.6) is 0 Å². The minimum atomic E-state index is -1.03. The summed E-state index contributed by atoms with van der Waals surface area (Å²) in [4.78, 5) is 23.9. The van der Waals surface area contributed by atoms with E-state index in [0.29, 0.717) is 19.6 Å². The maximum atomic E-state index is 11.7. The maximum Gasteiger partial charge on any atom is 0.410 e. The topological polar surface area (TPSA) is 76.1 Å². The smallest absolute Gasteiger partial charge is 0.410 e. The molecule has 0 aromatic heterocycles. The Bertz CT molecular complexity index is 286. The van der Waals surface area contributed by atoms with E-state index in [2.05, 4.69) is 0 Å². The summed E-state index contributed by atoms with van der Waals surface area (Å²) in [6.07, 6.45) is -0.202. The number of hydrogen-bond acceptors (Lipinski definition) is 4. The first-order valence-electron chi connectivity index (χ1n) is 5.67. The summed E-state index contributed by atoms with van der Waals surface area (Å²) in [6.45, 7) is 4.47. The Balaban J connectivity index is 2.56. The van der Waals surface area contributed by atoms with Crippen LogP contribution in [0.2, 0.25) is 0 Å². The van der Waals surface area contributed by atoms with Gasteiger partial charge >= 0.3 is 12.1 Å². The van der Waals surface area contributed by atoms with Crippen molar-refractivity contribution in [2.75, 3.05) is 20.3 Å². The predicted octanol–water partition coefficient (Wildman–Crippen LogP) is 0.953.